The molecule has 100 valence electrons. The summed E-state index contributed by atoms with van der Waals surface area (Å²) in [6.45, 7) is 7.46. The van der Waals surface area contributed by atoms with Crippen LogP contribution in [0.5, 0.6) is 0 Å². The van der Waals surface area contributed by atoms with Gasteiger partial charge in [0.25, 0.3) is 0 Å². The summed E-state index contributed by atoms with van der Waals surface area (Å²) >= 11 is 0. The van der Waals surface area contributed by atoms with Crippen molar-refractivity contribution in [2.24, 2.45) is 5.92 Å². The molecule has 0 spiro atoms. The largest absolute Gasteiger partial charge is 0.376 e. The third-order valence-corrected chi connectivity index (χ3v) is 3.28. The lowest BCUT2D eigenvalue weighted by molar-refractivity contribution is -0.0874. The lowest BCUT2D eigenvalue weighted by atomic mass is 9.96. The topological polar surface area (TPSA) is 30.5 Å². The molecular weight excluding hydrogens is 226 g/mol. The zero-order valence-corrected chi connectivity index (χ0v) is 11.3. The Morgan fingerprint density at radius 3 is 2.61 bits per heavy atom. The summed E-state index contributed by atoms with van der Waals surface area (Å²) in [6, 6.07) is 11.0. The molecule has 1 N–H and O–H groups in total. The number of rotatable bonds is 5. The highest BCUT2D eigenvalue weighted by atomic mass is 16.6. The number of benzene rings is 1. The molecule has 0 aromatic heterocycles. The van der Waals surface area contributed by atoms with E-state index in [-0.39, 0.29) is 6.10 Å². The molecule has 1 saturated heterocycles. The first kappa shape index (κ1) is 13.5. The molecular formula is C15H23NO2. The maximum absolute atomic E-state index is 5.66. The van der Waals surface area contributed by atoms with Gasteiger partial charge in [0.1, 0.15) is 0 Å². The molecule has 1 aromatic carbocycles. The van der Waals surface area contributed by atoms with Gasteiger partial charge in [-0.15, -0.1) is 0 Å². The van der Waals surface area contributed by atoms with Crippen LogP contribution < -0.4 is 5.32 Å². The zero-order valence-electron chi connectivity index (χ0n) is 11.3. The zero-order chi connectivity index (χ0) is 12.8. The SMILES string of the molecule is CC(C)C(NCC1COCCO1)c1ccccc1. The summed E-state index contributed by atoms with van der Waals surface area (Å²) in [6.07, 6.45) is 0.184. The Hall–Kier alpha value is -0.900. The summed E-state index contributed by atoms with van der Waals surface area (Å²) in [4.78, 5) is 0. The van der Waals surface area contributed by atoms with Gasteiger partial charge in [0.2, 0.25) is 0 Å². The summed E-state index contributed by atoms with van der Waals surface area (Å²) in [7, 11) is 0. The third kappa shape index (κ3) is 3.80. The molecule has 0 aliphatic carbocycles. The Morgan fingerprint density at radius 1 is 1.22 bits per heavy atom. The second-order valence-electron chi connectivity index (χ2n) is 5.11. The van der Waals surface area contributed by atoms with E-state index in [1.54, 1.807) is 0 Å². The van der Waals surface area contributed by atoms with Gasteiger partial charge in [-0.1, -0.05) is 44.2 Å². The predicted octanol–water partition coefficient (Wildman–Crippen LogP) is 2.39. The van der Waals surface area contributed by atoms with Crippen molar-refractivity contribution in [1.29, 1.82) is 0 Å². The molecule has 0 radical (unpaired) electrons. The van der Waals surface area contributed by atoms with Gasteiger partial charge in [-0.25, -0.2) is 0 Å². The molecule has 3 heteroatoms. The monoisotopic (exact) mass is 249 g/mol. The number of nitrogens with one attached hydrogen (secondary N) is 1. The lowest BCUT2D eigenvalue weighted by Crippen LogP contribution is -2.39. The lowest BCUT2D eigenvalue weighted by Gasteiger charge is -2.28. The standard InChI is InChI=1S/C15H23NO2/c1-12(2)15(13-6-4-3-5-7-13)16-10-14-11-17-8-9-18-14/h3-7,12,14-16H,8-11H2,1-2H3. The van der Waals surface area contributed by atoms with Crippen LogP contribution in [-0.2, 0) is 9.47 Å². The van der Waals surface area contributed by atoms with Crippen molar-refractivity contribution in [3.8, 4) is 0 Å². The molecule has 2 unspecified atom stereocenters. The van der Waals surface area contributed by atoms with Gasteiger partial charge in [-0.2, -0.15) is 0 Å². The Balaban J connectivity index is 1.90. The van der Waals surface area contributed by atoms with Gasteiger partial charge in [0.15, 0.2) is 0 Å². The van der Waals surface area contributed by atoms with Crippen LogP contribution in [0.25, 0.3) is 0 Å². The summed E-state index contributed by atoms with van der Waals surface area (Å²) < 4.78 is 11.1. The van der Waals surface area contributed by atoms with Crippen LogP contribution in [0.2, 0.25) is 0 Å². The van der Waals surface area contributed by atoms with Crippen molar-refractivity contribution in [2.75, 3.05) is 26.4 Å². The highest BCUT2D eigenvalue weighted by Gasteiger charge is 2.19. The fraction of sp³-hybridized carbons (Fsp3) is 0.600. The van der Waals surface area contributed by atoms with Crippen molar-refractivity contribution in [2.45, 2.75) is 26.0 Å². The maximum atomic E-state index is 5.66. The Kier molecular flexibility index (Phi) is 5.17. The average molecular weight is 249 g/mol. The molecule has 2 atom stereocenters. The summed E-state index contributed by atoms with van der Waals surface area (Å²) in [5.74, 6) is 0.553. The van der Waals surface area contributed by atoms with Crippen LogP contribution in [0.1, 0.15) is 25.5 Å². The second kappa shape index (κ2) is 6.88. The van der Waals surface area contributed by atoms with Gasteiger partial charge in [0, 0.05) is 12.6 Å². The third-order valence-electron chi connectivity index (χ3n) is 3.28. The average Bonchev–Trinajstić information content (AvgIpc) is 2.41. The molecule has 18 heavy (non-hydrogen) atoms. The minimum Gasteiger partial charge on any atom is -0.376 e. The molecule has 0 saturated carbocycles. The molecule has 0 bridgehead atoms. The molecule has 1 aliphatic heterocycles. The van der Waals surface area contributed by atoms with E-state index >= 15 is 0 Å². The highest BCUT2D eigenvalue weighted by Crippen LogP contribution is 2.21. The van der Waals surface area contributed by atoms with Crippen LogP contribution in [0, 0.1) is 5.92 Å². The van der Waals surface area contributed by atoms with Crippen molar-refractivity contribution in [3.63, 3.8) is 0 Å². The maximum Gasteiger partial charge on any atom is 0.0933 e. The van der Waals surface area contributed by atoms with Crippen LogP contribution in [-0.4, -0.2) is 32.5 Å². The molecule has 2 rings (SSSR count). The first-order chi connectivity index (χ1) is 8.77. The van der Waals surface area contributed by atoms with E-state index < -0.39 is 0 Å². The van der Waals surface area contributed by atoms with Crippen molar-refractivity contribution < 1.29 is 9.47 Å². The van der Waals surface area contributed by atoms with E-state index in [2.05, 4.69) is 49.5 Å². The second-order valence-corrected chi connectivity index (χ2v) is 5.11. The number of hydrogen-bond donors (Lipinski definition) is 1. The van der Waals surface area contributed by atoms with Gasteiger partial charge in [-0.05, 0) is 11.5 Å². The smallest absolute Gasteiger partial charge is 0.0933 e. The molecule has 1 aliphatic rings. The molecule has 3 nitrogen and oxygen atoms in total. The minimum atomic E-state index is 0.184. The van der Waals surface area contributed by atoms with Gasteiger partial charge in [0.05, 0.1) is 25.9 Å². The van der Waals surface area contributed by atoms with Crippen LogP contribution in [0.3, 0.4) is 0 Å². The Bertz CT molecular complexity index is 334. The van der Waals surface area contributed by atoms with Crippen molar-refractivity contribution in [3.05, 3.63) is 35.9 Å². The minimum absolute atomic E-state index is 0.184. The van der Waals surface area contributed by atoms with Gasteiger partial charge >= 0.3 is 0 Å². The van der Waals surface area contributed by atoms with Crippen molar-refractivity contribution >= 4 is 0 Å². The predicted molar refractivity (Wildman–Crippen MR) is 72.6 cm³/mol. The fourth-order valence-electron chi connectivity index (χ4n) is 2.31. The normalized spacial score (nSPS) is 22.1. The fourth-order valence-corrected chi connectivity index (χ4v) is 2.31. The van der Waals surface area contributed by atoms with Crippen LogP contribution in [0.4, 0.5) is 0 Å². The number of ether oxygens (including phenoxy) is 2. The summed E-state index contributed by atoms with van der Waals surface area (Å²) in [5, 5.41) is 3.60. The molecule has 1 fully saturated rings. The molecule has 0 amide bonds. The van der Waals surface area contributed by atoms with Crippen LogP contribution in [0.15, 0.2) is 30.3 Å². The van der Waals surface area contributed by atoms with Gasteiger partial charge in [-0.3, -0.25) is 0 Å². The van der Waals surface area contributed by atoms with E-state index in [4.69, 9.17) is 9.47 Å². The van der Waals surface area contributed by atoms with E-state index in [1.165, 1.54) is 5.56 Å². The van der Waals surface area contributed by atoms with E-state index in [0.717, 1.165) is 13.2 Å². The molecule has 1 aromatic rings. The quantitative estimate of drug-likeness (QED) is 0.869. The van der Waals surface area contributed by atoms with Gasteiger partial charge < -0.3 is 14.8 Å². The van der Waals surface area contributed by atoms with E-state index in [9.17, 15) is 0 Å². The highest BCUT2D eigenvalue weighted by molar-refractivity contribution is 5.19. The first-order valence-corrected chi connectivity index (χ1v) is 6.75. The summed E-state index contributed by atoms with van der Waals surface area (Å²) in [5.41, 5.74) is 1.34. The Morgan fingerprint density at radius 2 is 2.00 bits per heavy atom. The van der Waals surface area contributed by atoms with E-state index in [1.807, 2.05) is 0 Å². The van der Waals surface area contributed by atoms with Crippen LogP contribution >= 0.6 is 0 Å². The first-order valence-electron chi connectivity index (χ1n) is 6.75. The van der Waals surface area contributed by atoms with Crippen molar-refractivity contribution in [1.82, 2.24) is 5.32 Å². The van der Waals surface area contributed by atoms with E-state index in [0.29, 0.717) is 25.2 Å². The Labute approximate surface area is 109 Å². The molecule has 1 heterocycles. The number of hydrogen-bond acceptors (Lipinski definition) is 3.